The van der Waals surface area contributed by atoms with E-state index in [0.717, 1.165) is 0 Å². The number of pyridine rings is 1. The van der Waals surface area contributed by atoms with Crippen LogP contribution in [-0.2, 0) is 0 Å². The molecule has 0 fully saturated rings. The van der Waals surface area contributed by atoms with Crippen LogP contribution < -0.4 is 0 Å². The SMILES string of the molecule is Cc1ccc(-c2ccc3ccncc3c2)cc1. The van der Waals surface area contributed by atoms with Crippen molar-refractivity contribution in [1.29, 1.82) is 0 Å². The van der Waals surface area contributed by atoms with Gasteiger partial charge >= 0.3 is 0 Å². The first-order chi connectivity index (χ1) is 8.33. The number of aromatic nitrogens is 1. The molecule has 0 amide bonds. The molecule has 1 heteroatoms. The van der Waals surface area contributed by atoms with Crippen LogP contribution in [0.2, 0.25) is 0 Å². The monoisotopic (exact) mass is 219 g/mol. The van der Waals surface area contributed by atoms with Gasteiger partial charge in [-0.3, -0.25) is 4.98 Å². The zero-order chi connectivity index (χ0) is 11.7. The molecule has 0 aliphatic carbocycles. The van der Waals surface area contributed by atoms with Crippen molar-refractivity contribution in [1.82, 2.24) is 4.98 Å². The second kappa shape index (κ2) is 4.02. The lowest BCUT2D eigenvalue weighted by molar-refractivity contribution is 1.36. The van der Waals surface area contributed by atoms with Gasteiger partial charge in [0, 0.05) is 17.8 Å². The molecule has 0 atom stereocenters. The highest BCUT2D eigenvalue weighted by atomic mass is 14.6. The minimum atomic E-state index is 1.19. The molecule has 1 aromatic heterocycles. The van der Waals surface area contributed by atoms with Gasteiger partial charge in [-0.15, -0.1) is 0 Å². The Morgan fingerprint density at radius 2 is 1.53 bits per heavy atom. The predicted molar refractivity (Wildman–Crippen MR) is 71.9 cm³/mol. The molecule has 0 aliphatic rings. The smallest absolute Gasteiger partial charge is 0.0346 e. The molecule has 0 saturated heterocycles. The van der Waals surface area contributed by atoms with Crippen molar-refractivity contribution in [3.8, 4) is 11.1 Å². The van der Waals surface area contributed by atoms with E-state index in [-0.39, 0.29) is 0 Å². The molecule has 82 valence electrons. The minimum absolute atomic E-state index is 1.19. The first-order valence-corrected chi connectivity index (χ1v) is 5.74. The van der Waals surface area contributed by atoms with Crippen LogP contribution in [0, 0.1) is 6.92 Å². The number of rotatable bonds is 1. The van der Waals surface area contributed by atoms with Crippen molar-refractivity contribution in [3.63, 3.8) is 0 Å². The second-order valence-electron chi connectivity index (χ2n) is 4.30. The van der Waals surface area contributed by atoms with Gasteiger partial charge in [-0.05, 0) is 35.6 Å². The van der Waals surface area contributed by atoms with Crippen LogP contribution >= 0.6 is 0 Å². The van der Waals surface area contributed by atoms with Gasteiger partial charge < -0.3 is 0 Å². The summed E-state index contributed by atoms with van der Waals surface area (Å²) in [6.45, 7) is 2.11. The van der Waals surface area contributed by atoms with Crippen LogP contribution in [0.3, 0.4) is 0 Å². The van der Waals surface area contributed by atoms with E-state index >= 15 is 0 Å². The lowest BCUT2D eigenvalue weighted by atomic mass is 10.0. The highest BCUT2D eigenvalue weighted by molar-refractivity contribution is 5.86. The van der Waals surface area contributed by atoms with E-state index in [0.29, 0.717) is 0 Å². The van der Waals surface area contributed by atoms with E-state index in [9.17, 15) is 0 Å². The topological polar surface area (TPSA) is 12.9 Å². The zero-order valence-electron chi connectivity index (χ0n) is 9.72. The van der Waals surface area contributed by atoms with Gasteiger partial charge in [0.1, 0.15) is 0 Å². The molecule has 0 spiro atoms. The molecular weight excluding hydrogens is 206 g/mol. The van der Waals surface area contributed by atoms with E-state index in [1.54, 1.807) is 0 Å². The number of fused-ring (bicyclic) bond motifs is 1. The Kier molecular flexibility index (Phi) is 2.37. The summed E-state index contributed by atoms with van der Waals surface area (Å²) >= 11 is 0. The molecule has 2 aromatic carbocycles. The summed E-state index contributed by atoms with van der Waals surface area (Å²) in [6, 6.07) is 17.1. The van der Waals surface area contributed by atoms with E-state index in [1.807, 2.05) is 18.5 Å². The molecule has 3 rings (SSSR count). The third-order valence-electron chi connectivity index (χ3n) is 3.03. The number of benzene rings is 2. The normalized spacial score (nSPS) is 10.6. The van der Waals surface area contributed by atoms with Crippen molar-refractivity contribution < 1.29 is 0 Å². The molecule has 17 heavy (non-hydrogen) atoms. The molecule has 0 unspecified atom stereocenters. The molecule has 3 aromatic rings. The fourth-order valence-electron chi connectivity index (χ4n) is 2.01. The van der Waals surface area contributed by atoms with Gasteiger partial charge in [-0.25, -0.2) is 0 Å². The summed E-state index contributed by atoms with van der Waals surface area (Å²) in [5, 5.41) is 2.42. The van der Waals surface area contributed by atoms with Crippen LogP contribution in [0.25, 0.3) is 21.9 Å². The maximum Gasteiger partial charge on any atom is 0.0346 e. The number of hydrogen-bond acceptors (Lipinski definition) is 1. The van der Waals surface area contributed by atoms with Crippen molar-refractivity contribution in [2.45, 2.75) is 6.92 Å². The van der Waals surface area contributed by atoms with Crippen LogP contribution in [-0.4, -0.2) is 4.98 Å². The Labute approximate surface area is 101 Å². The van der Waals surface area contributed by atoms with E-state index < -0.39 is 0 Å². The zero-order valence-corrected chi connectivity index (χ0v) is 9.72. The molecule has 0 N–H and O–H groups in total. The Hall–Kier alpha value is -2.15. The predicted octanol–water partition coefficient (Wildman–Crippen LogP) is 4.21. The van der Waals surface area contributed by atoms with Crippen LogP contribution in [0.1, 0.15) is 5.56 Å². The van der Waals surface area contributed by atoms with Crippen molar-refractivity contribution >= 4 is 10.8 Å². The second-order valence-corrected chi connectivity index (χ2v) is 4.30. The van der Waals surface area contributed by atoms with Crippen LogP contribution in [0.15, 0.2) is 60.9 Å². The van der Waals surface area contributed by atoms with Gasteiger partial charge in [0.2, 0.25) is 0 Å². The molecule has 1 heterocycles. The highest BCUT2D eigenvalue weighted by Gasteiger charge is 1.99. The Bertz CT molecular complexity index is 654. The summed E-state index contributed by atoms with van der Waals surface area (Å²) in [5.74, 6) is 0. The fourth-order valence-corrected chi connectivity index (χ4v) is 2.01. The minimum Gasteiger partial charge on any atom is -0.264 e. The van der Waals surface area contributed by atoms with E-state index in [1.165, 1.54) is 27.5 Å². The average molecular weight is 219 g/mol. The van der Waals surface area contributed by atoms with Gasteiger partial charge in [0.05, 0.1) is 0 Å². The summed E-state index contributed by atoms with van der Waals surface area (Å²) < 4.78 is 0. The number of hydrogen-bond donors (Lipinski definition) is 0. The molecule has 0 saturated carbocycles. The first-order valence-electron chi connectivity index (χ1n) is 5.74. The quantitative estimate of drug-likeness (QED) is 0.597. The maximum absolute atomic E-state index is 4.16. The Morgan fingerprint density at radius 3 is 2.35 bits per heavy atom. The summed E-state index contributed by atoms with van der Waals surface area (Å²) in [6.07, 6.45) is 3.74. The Morgan fingerprint density at radius 1 is 0.765 bits per heavy atom. The maximum atomic E-state index is 4.16. The molecule has 0 aliphatic heterocycles. The standard InChI is InChI=1S/C16H13N/c1-12-2-4-13(5-3-12)15-7-6-14-8-9-17-11-16(14)10-15/h2-11H,1H3. The summed E-state index contributed by atoms with van der Waals surface area (Å²) in [4.78, 5) is 4.16. The third kappa shape index (κ3) is 1.92. The van der Waals surface area contributed by atoms with Crippen molar-refractivity contribution in [3.05, 3.63) is 66.5 Å². The summed E-state index contributed by atoms with van der Waals surface area (Å²) in [5.41, 5.74) is 3.78. The average Bonchev–Trinajstić information content (AvgIpc) is 2.39. The number of nitrogens with zero attached hydrogens (tertiary/aromatic N) is 1. The molecule has 1 nitrogen and oxygen atoms in total. The van der Waals surface area contributed by atoms with Gasteiger partial charge in [0.25, 0.3) is 0 Å². The van der Waals surface area contributed by atoms with E-state index in [2.05, 4.69) is 54.4 Å². The molecule has 0 bridgehead atoms. The Balaban J connectivity index is 2.14. The van der Waals surface area contributed by atoms with E-state index in [4.69, 9.17) is 0 Å². The lowest BCUT2D eigenvalue weighted by Crippen LogP contribution is -1.80. The van der Waals surface area contributed by atoms with Gasteiger partial charge in [-0.1, -0.05) is 42.0 Å². The first kappa shape index (κ1) is 10.0. The van der Waals surface area contributed by atoms with Crippen LogP contribution in [0.5, 0.6) is 0 Å². The van der Waals surface area contributed by atoms with Crippen molar-refractivity contribution in [2.75, 3.05) is 0 Å². The van der Waals surface area contributed by atoms with Crippen molar-refractivity contribution in [2.24, 2.45) is 0 Å². The largest absolute Gasteiger partial charge is 0.264 e. The summed E-state index contributed by atoms with van der Waals surface area (Å²) in [7, 11) is 0. The van der Waals surface area contributed by atoms with Gasteiger partial charge in [-0.2, -0.15) is 0 Å². The number of aryl methyl sites for hydroxylation is 1. The third-order valence-corrected chi connectivity index (χ3v) is 3.03. The van der Waals surface area contributed by atoms with Crippen LogP contribution in [0.4, 0.5) is 0 Å². The van der Waals surface area contributed by atoms with Gasteiger partial charge in [0.15, 0.2) is 0 Å². The molecule has 0 radical (unpaired) electrons. The highest BCUT2D eigenvalue weighted by Crippen LogP contribution is 2.24. The molecular formula is C16H13N. The lowest BCUT2D eigenvalue weighted by Gasteiger charge is -2.04. The fraction of sp³-hybridized carbons (Fsp3) is 0.0625.